The van der Waals surface area contributed by atoms with Crippen molar-refractivity contribution in [2.45, 2.75) is 38.8 Å². The molecule has 1 atom stereocenters. The number of carbonyl (C=O) groups is 2. The molecule has 3 aliphatic rings. The van der Waals surface area contributed by atoms with Crippen LogP contribution in [0.5, 0.6) is 0 Å². The summed E-state index contributed by atoms with van der Waals surface area (Å²) in [7, 11) is -2.17. The van der Waals surface area contributed by atoms with Crippen molar-refractivity contribution in [1.82, 2.24) is 19.8 Å². The van der Waals surface area contributed by atoms with Crippen LogP contribution in [-0.2, 0) is 21.4 Å². The third-order valence-corrected chi connectivity index (χ3v) is 6.93. The number of H-pyrrole nitrogens is 1. The fourth-order valence-corrected chi connectivity index (χ4v) is 4.90. The van der Waals surface area contributed by atoms with E-state index in [4.69, 9.17) is 0 Å². The number of allylic oxidation sites excluding steroid dienone is 2. The molecular weight excluding hydrogens is 382 g/mol. The Morgan fingerprint density at radius 1 is 1.36 bits per heavy atom. The molecule has 1 saturated carbocycles. The molecule has 148 valence electrons. The van der Waals surface area contributed by atoms with Gasteiger partial charge in [-0.3, -0.25) is 5.10 Å². The second kappa shape index (κ2) is 6.21. The number of hydrogen-bond donors (Lipinski definition) is 2. The van der Waals surface area contributed by atoms with Gasteiger partial charge in [0, 0.05) is 11.2 Å². The molecule has 0 saturated heterocycles. The summed E-state index contributed by atoms with van der Waals surface area (Å²) < 4.78 is 29.4. The summed E-state index contributed by atoms with van der Waals surface area (Å²) in [4.78, 5) is 26.8. The van der Waals surface area contributed by atoms with Crippen LogP contribution < -0.4 is 4.72 Å². The molecule has 10 heteroatoms. The predicted octanol–water partition coefficient (Wildman–Crippen LogP) is 0.805. The van der Waals surface area contributed by atoms with Crippen LogP contribution in [0.3, 0.4) is 0 Å². The number of nitrogens with one attached hydrogen (secondary N) is 2. The second-order valence-electron chi connectivity index (χ2n) is 7.78. The third-order valence-electron chi connectivity index (χ3n) is 5.28. The van der Waals surface area contributed by atoms with E-state index in [2.05, 4.69) is 14.9 Å². The topological polar surface area (TPSA) is 115 Å². The normalized spacial score (nSPS) is 23.8. The van der Waals surface area contributed by atoms with Crippen molar-refractivity contribution >= 4 is 27.7 Å². The Balaban J connectivity index is 1.66. The van der Waals surface area contributed by atoms with Crippen molar-refractivity contribution in [2.75, 3.05) is 7.05 Å². The van der Waals surface area contributed by atoms with Gasteiger partial charge in [0.2, 0.25) is 10.0 Å². The van der Waals surface area contributed by atoms with E-state index in [1.807, 2.05) is 13.8 Å². The maximum atomic E-state index is 13.0. The van der Waals surface area contributed by atoms with Crippen LogP contribution in [0, 0.1) is 12.8 Å². The van der Waals surface area contributed by atoms with E-state index in [9.17, 15) is 18.0 Å². The maximum Gasteiger partial charge on any atom is 0.501 e. The molecule has 0 aromatic carbocycles. The van der Waals surface area contributed by atoms with Crippen LogP contribution in [0.4, 0.5) is 4.79 Å². The van der Waals surface area contributed by atoms with Gasteiger partial charge in [-0.05, 0) is 51.0 Å². The van der Waals surface area contributed by atoms with Gasteiger partial charge in [0.1, 0.15) is 23.9 Å². The highest BCUT2D eigenvalue weighted by atomic mass is 32.2. The molecule has 4 rings (SSSR count). The van der Waals surface area contributed by atoms with E-state index in [1.54, 1.807) is 13.1 Å². The Kier molecular flexibility index (Phi) is 4.16. The van der Waals surface area contributed by atoms with Gasteiger partial charge in [0.05, 0.1) is 12.0 Å². The lowest BCUT2D eigenvalue weighted by Crippen LogP contribution is -2.53. The maximum absolute atomic E-state index is 13.0. The first-order chi connectivity index (χ1) is 13.1. The number of aromatic nitrogens is 2. The highest BCUT2D eigenvalue weighted by Gasteiger charge is 2.48. The van der Waals surface area contributed by atoms with Gasteiger partial charge in [-0.25, -0.2) is 17.9 Å². The molecular formula is C18H22N5O4S+. The first kappa shape index (κ1) is 18.8. The van der Waals surface area contributed by atoms with E-state index in [0.717, 1.165) is 23.4 Å². The molecule has 2 heterocycles. The number of imide groups is 1. The van der Waals surface area contributed by atoms with Crippen LogP contribution in [0.15, 0.2) is 29.2 Å². The Hall–Kier alpha value is -2.59. The van der Waals surface area contributed by atoms with Gasteiger partial charge >= 0.3 is 11.9 Å². The highest BCUT2D eigenvalue weighted by molar-refractivity contribution is 7.93. The van der Waals surface area contributed by atoms with Crippen LogP contribution in [0.1, 0.15) is 31.2 Å². The number of aryl methyl sites for hydroxylation is 1. The number of aromatic amines is 1. The minimum absolute atomic E-state index is 0.0199. The van der Waals surface area contributed by atoms with Crippen LogP contribution in [0.25, 0.3) is 0 Å². The van der Waals surface area contributed by atoms with Gasteiger partial charge < -0.3 is 0 Å². The molecule has 0 radical (unpaired) electrons. The molecule has 28 heavy (non-hydrogen) atoms. The van der Waals surface area contributed by atoms with E-state index >= 15 is 0 Å². The molecule has 1 aromatic heterocycles. The highest BCUT2D eigenvalue weighted by Crippen LogP contribution is 2.36. The lowest BCUT2D eigenvalue weighted by atomic mass is 9.94. The third kappa shape index (κ3) is 3.22. The van der Waals surface area contributed by atoms with Crippen molar-refractivity contribution in [2.24, 2.45) is 5.92 Å². The Morgan fingerprint density at radius 2 is 2.07 bits per heavy atom. The zero-order chi connectivity index (χ0) is 20.3. The molecule has 9 nitrogen and oxygen atoms in total. The Labute approximate surface area is 162 Å². The average Bonchev–Trinajstić information content (AvgIpc) is 3.20. The smallest absolute Gasteiger partial charge is 0.282 e. The Morgan fingerprint density at radius 3 is 2.68 bits per heavy atom. The van der Waals surface area contributed by atoms with E-state index < -0.39 is 33.4 Å². The van der Waals surface area contributed by atoms with E-state index in [0.29, 0.717) is 11.4 Å². The minimum Gasteiger partial charge on any atom is -0.282 e. The number of hydrogen-bond acceptors (Lipinski definition) is 5. The number of rotatable bonds is 5. The summed E-state index contributed by atoms with van der Waals surface area (Å²) in [5.74, 6) is -1.31. The van der Waals surface area contributed by atoms with Gasteiger partial charge in [0.25, 0.3) is 0 Å². The zero-order valence-electron chi connectivity index (χ0n) is 15.9. The lowest BCUT2D eigenvalue weighted by molar-refractivity contribution is -0.406. The summed E-state index contributed by atoms with van der Waals surface area (Å²) >= 11 is 0. The van der Waals surface area contributed by atoms with Gasteiger partial charge in [-0.1, -0.05) is 0 Å². The molecule has 1 aromatic rings. The van der Waals surface area contributed by atoms with Crippen molar-refractivity contribution < 1.29 is 22.6 Å². The van der Waals surface area contributed by atoms with Crippen LogP contribution >= 0.6 is 0 Å². The molecule has 1 aliphatic heterocycles. The number of nitrogens with zero attached hydrogens (tertiary/aromatic N) is 3. The van der Waals surface area contributed by atoms with E-state index in [-0.39, 0.29) is 11.4 Å². The number of amides is 3. The number of sulfonamides is 1. The molecule has 1 fully saturated rings. The second-order valence-corrected chi connectivity index (χ2v) is 9.46. The number of carbonyl (C=O) groups excluding carboxylic acids is 2. The first-order valence-corrected chi connectivity index (χ1v) is 10.5. The van der Waals surface area contributed by atoms with Crippen molar-refractivity contribution in [3.05, 3.63) is 40.6 Å². The molecule has 2 aliphatic carbocycles. The molecule has 3 amide bonds. The van der Waals surface area contributed by atoms with E-state index in [1.165, 1.54) is 22.8 Å². The largest absolute Gasteiger partial charge is 0.501 e. The standard InChI is InChI=1S/C18H22N5O4S/c1-11-8-12(20-19-11)10-23-16(24)14-9-13(4-5-15(14)22(3)17(23)25)28(26,27)21-18(2)6-7-18/h4-5,8-9,14,21H,6-7,10H2,1-3H3,(H,19,20)/q+1. The first-order valence-electron chi connectivity index (χ1n) is 9.00. The summed E-state index contributed by atoms with van der Waals surface area (Å²) in [5, 5.41) is 6.86. The predicted molar refractivity (Wildman–Crippen MR) is 101 cm³/mol. The molecule has 2 N–H and O–H groups in total. The zero-order valence-corrected chi connectivity index (χ0v) is 16.7. The lowest BCUT2D eigenvalue weighted by Gasteiger charge is -2.26. The van der Waals surface area contributed by atoms with Gasteiger partial charge in [-0.15, -0.1) is 0 Å². The number of urea groups is 1. The molecule has 0 spiro atoms. The quantitative estimate of drug-likeness (QED) is 0.705. The van der Waals surface area contributed by atoms with Crippen molar-refractivity contribution in [3.8, 4) is 0 Å². The fraction of sp³-hybridized carbons (Fsp3) is 0.444. The summed E-state index contributed by atoms with van der Waals surface area (Å²) in [5.41, 5.74) is 1.43. The average molecular weight is 404 g/mol. The fourth-order valence-electron chi connectivity index (χ4n) is 3.36. The molecule has 0 bridgehead atoms. The minimum atomic E-state index is -3.74. The SMILES string of the molecule is Cc1cc(CN2C(=O)C3C=C(S(=O)(=O)NC4(C)CC4)C=CC3=[N+](C)C2=O)n[nH]1. The number of fused-ring (bicyclic) bond motifs is 1. The summed E-state index contributed by atoms with van der Waals surface area (Å²) in [6, 6.07) is 1.29. The van der Waals surface area contributed by atoms with Crippen LogP contribution in [-0.4, -0.2) is 58.3 Å². The summed E-state index contributed by atoms with van der Waals surface area (Å²) in [6.07, 6.45) is 5.95. The van der Waals surface area contributed by atoms with Gasteiger partial charge in [-0.2, -0.15) is 19.4 Å². The summed E-state index contributed by atoms with van der Waals surface area (Å²) in [6.45, 7) is 3.70. The van der Waals surface area contributed by atoms with Crippen molar-refractivity contribution in [3.63, 3.8) is 0 Å². The van der Waals surface area contributed by atoms with Crippen LogP contribution in [0.2, 0.25) is 0 Å². The molecule has 1 unspecified atom stereocenters. The Bertz CT molecular complexity index is 1080. The van der Waals surface area contributed by atoms with Gasteiger partial charge in [0.15, 0.2) is 0 Å². The van der Waals surface area contributed by atoms with Crippen molar-refractivity contribution in [1.29, 1.82) is 0 Å². The monoisotopic (exact) mass is 404 g/mol.